The molecule has 0 amide bonds. The number of hydrogen-bond acceptors (Lipinski definition) is 2. The van der Waals surface area contributed by atoms with Gasteiger partial charge in [-0.05, 0) is 91.4 Å². The van der Waals surface area contributed by atoms with Gasteiger partial charge in [-0.15, -0.1) is 0 Å². The van der Waals surface area contributed by atoms with Crippen molar-refractivity contribution in [3.05, 3.63) is 66.7 Å². The van der Waals surface area contributed by atoms with Gasteiger partial charge < -0.3 is 9.97 Å². The SMILES string of the molecule is CCC1=Cc2cc3[nH]c(c(Cl)c3Cl)c(CC)c3nc(c(CC)c4[nH]c(c(CC)c1n2)c(CC)c4CC)C(CC)=C3CC. The highest BCUT2D eigenvalue weighted by Gasteiger charge is 2.26. The van der Waals surface area contributed by atoms with E-state index in [4.69, 9.17) is 33.2 Å². The summed E-state index contributed by atoms with van der Waals surface area (Å²) in [6.07, 6.45) is 9.41. The molecular weight excluding hydrogens is 559 g/mol. The zero-order chi connectivity index (χ0) is 30.3. The van der Waals surface area contributed by atoms with Crippen molar-refractivity contribution in [3.8, 4) is 0 Å². The summed E-state index contributed by atoms with van der Waals surface area (Å²) in [7, 11) is 0. The zero-order valence-corrected chi connectivity index (χ0v) is 28.0. The van der Waals surface area contributed by atoms with Crippen LogP contribution >= 0.6 is 23.2 Å². The van der Waals surface area contributed by atoms with Gasteiger partial charge in [-0.2, -0.15) is 0 Å². The average molecular weight is 604 g/mol. The van der Waals surface area contributed by atoms with Crippen LogP contribution in [0, 0.1) is 0 Å². The smallest absolute Gasteiger partial charge is 0.0851 e. The van der Waals surface area contributed by atoms with E-state index in [-0.39, 0.29) is 0 Å². The zero-order valence-electron chi connectivity index (χ0n) is 26.5. The Hall–Kier alpha value is -2.82. The molecule has 5 heterocycles. The van der Waals surface area contributed by atoms with Gasteiger partial charge in [0.2, 0.25) is 0 Å². The van der Waals surface area contributed by atoms with Crippen LogP contribution in [0.2, 0.25) is 10.0 Å². The van der Waals surface area contributed by atoms with Crippen molar-refractivity contribution in [1.29, 1.82) is 0 Å². The highest BCUT2D eigenvalue weighted by molar-refractivity contribution is 6.46. The fraction of sp³-hybridized carbons (Fsp3) is 0.444. The minimum atomic E-state index is 0.528. The third-order valence-electron chi connectivity index (χ3n) is 9.06. The Balaban J connectivity index is 2.15. The first-order valence-corrected chi connectivity index (χ1v) is 16.7. The molecule has 5 rings (SSSR count). The maximum absolute atomic E-state index is 6.98. The Bertz CT molecular complexity index is 1780. The lowest BCUT2D eigenvalue weighted by Gasteiger charge is -2.09. The molecule has 3 aromatic rings. The number of aryl methyl sites for hydroxylation is 5. The van der Waals surface area contributed by atoms with Crippen LogP contribution in [-0.2, 0) is 32.1 Å². The van der Waals surface area contributed by atoms with Gasteiger partial charge in [-0.25, -0.2) is 9.97 Å². The number of aromatic amines is 2. The third-order valence-corrected chi connectivity index (χ3v) is 9.93. The van der Waals surface area contributed by atoms with Gasteiger partial charge >= 0.3 is 0 Å². The largest absolute Gasteiger partial charge is 0.354 e. The summed E-state index contributed by atoms with van der Waals surface area (Å²) in [4.78, 5) is 18.3. The molecule has 222 valence electrons. The molecule has 3 aromatic heterocycles. The molecule has 0 fully saturated rings. The summed E-state index contributed by atoms with van der Waals surface area (Å²) in [5.74, 6) is 0. The molecule has 0 spiro atoms. The topological polar surface area (TPSA) is 57.4 Å². The summed E-state index contributed by atoms with van der Waals surface area (Å²) < 4.78 is 0. The minimum absolute atomic E-state index is 0.528. The van der Waals surface area contributed by atoms with E-state index < -0.39 is 0 Å². The number of nitrogens with zero attached hydrogens (tertiary/aromatic N) is 2. The van der Waals surface area contributed by atoms with Gasteiger partial charge in [-0.1, -0.05) is 78.6 Å². The number of rotatable bonds is 8. The average Bonchev–Trinajstić information content (AvgIpc) is 3.74. The molecule has 8 bridgehead atoms. The fourth-order valence-electron chi connectivity index (χ4n) is 7.07. The van der Waals surface area contributed by atoms with Crippen molar-refractivity contribution in [1.82, 2.24) is 19.9 Å². The maximum atomic E-state index is 6.98. The monoisotopic (exact) mass is 602 g/mol. The van der Waals surface area contributed by atoms with Gasteiger partial charge in [0.15, 0.2) is 0 Å². The first-order valence-electron chi connectivity index (χ1n) is 15.9. The van der Waals surface area contributed by atoms with E-state index >= 15 is 0 Å². The Morgan fingerprint density at radius 2 is 1.02 bits per heavy atom. The second-order valence-electron chi connectivity index (χ2n) is 11.1. The molecule has 0 saturated heterocycles. The number of aromatic nitrogens is 4. The molecule has 6 heteroatoms. The molecular formula is C36H44Cl2N4. The molecule has 0 saturated carbocycles. The molecule has 0 radical (unpaired) electrons. The normalized spacial score (nSPS) is 13.3. The number of allylic oxidation sites excluding steroid dienone is 3. The molecule has 0 aromatic carbocycles. The number of nitrogens with one attached hydrogen (secondary N) is 2. The molecule has 42 heavy (non-hydrogen) atoms. The second kappa shape index (κ2) is 12.4. The minimum Gasteiger partial charge on any atom is -0.354 e. The van der Waals surface area contributed by atoms with Crippen LogP contribution < -0.4 is 0 Å². The summed E-state index contributed by atoms with van der Waals surface area (Å²) in [5.41, 5.74) is 18.6. The van der Waals surface area contributed by atoms with Gasteiger partial charge in [0.25, 0.3) is 0 Å². The van der Waals surface area contributed by atoms with Crippen LogP contribution in [0.1, 0.15) is 125 Å². The van der Waals surface area contributed by atoms with E-state index in [1.807, 2.05) is 6.07 Å². The van der Waals surface area contributed by atoms with Crippen LogP contribution in [0.4, 0.5) is 0 Å². The number of hydrogen-bond donors (Lipinski definition) is 2. The second-order valence-corrected chi connectivity index (χ2v) is 11.9. The molecule has 0 atom stereocenters. The van der Waals surface area contributed by atoms with Crippen LogP contribution in [0.3, 0.4) is 0 Å². The number of H-pyrrole nitrogens is 2. The van der Waals surface area contributed by atoms with E-state index in [0.717, 1.165) is 90.7 Å². The quantitative estimate of drug-likeness (QED) is 0.269. The predicted octanol–water partition coefficient (Wildman–Crippen LogP) is 11.1. The Kier molecular flexibility index (Phi) is 9.06. The van der Waals surface area contributed by atoms with E-state index in [1.54, 1.807) is 0 Å². The fourth-order valence-corrected chi connectivity index (χ4v) is 7.53. The predicted molar refractivity (Wildman–Crippen MR) is 183 cm³/mol. The van der Waals surface area contributed by atoms with E-state index in [9.17, 15) is 0 Å². The summed E-state index contributed by atoms with van der Waals surface area (Å²) >= 11 is 13.9. The molecule has 4 nitrogen and oxygen atoms in total. The first-order chi connectivity index (χ1) is 20.3. The van der Waals surface area contributed by atoms with E-state index in [2.05, 4.69) is 71.4 Å². The number of fused-ring (bicyclic) bond motifs is 8. The maximum Gasteiger partial charge on any atom is 0.0851 e. The van der Waals surface area contributed by atoms with Gasteiger partial charge in [-0.3, -0.25) is 0 Å². The van der Waals surface area contributed by atoms with Crippen molar-refractivity contribution in [3.63, 3.8) is 0 Å². The van der Waals surface area contributed by atoms with Gasteiger partial charge in [0.05, 0.1) is 43.9 Å². The molecule has 2 aliphatic rings. The standard InChI is InChI=1S/C36H44Cl2N4/c1-9-19-17-20-18-28-29(37)30(38)36(40-28)27(16-8)35-24(13-5)23(12-4)34(42-35)26(15-7)33-22(11-3)21(10-2)32(41-33)25(14-6)31(19)39-20/h17-18,40-41H,9-16H2,1-8H3. The van der Waals surface area contributed by atoms with Crippen LogP contribution in [0.15, 0.2) is 6.07 Å². The highest BCUT2D eigenvalue weighted by Crippen LogP contribution is 2.42. The summed E-state index contributed by atoms with van der Waals surface area (Å²) in [5, 5.41) is 1.08. The van der Waals surface area contributed by atoms with E-state index in [1.165, 1.54) is 50.0 Å². The van der Waals surface area contributed by atoms with Crippen molar-refractivity contribution in [2.45, 2.75) is 107 Å². The summed E-state index contributed by atoms with van der Waals surface area (Å²) in [6, 6.07) is 2.04. The molecule has 2 N–H and O–H groups in total. The third kappa shape index (κ3) is 4.75. The van der Waals surface area contributed by atoms with Crippen molar-refractivity contribution >= 4 is 68.1 Å². The lowest BCUT2D eigenvalue weighted by Crippen LogP contribution is -1.95. The van der Waals surface area contributed by atoms with Gasteiger partial charge in [0.1, 0.15) is 0 Å². The molecule has 0 aliphatic carbocycles. The lowest BCUT2D eigenvalue weighted by atomic mass is 9.94. The van der Waals surface area contributed by atoms with Crippen LogP contribution in [0.5, 0.6) is 0 Å². The van der Waals surface area contributed by atoms with Gasteiger partial charge in [0, 0.05) is 27.7 Å². The van der Waals surface area contributed by atoms with Crippen molar-refractivity contribution in [2.24, 2.45) is 0 Å². The number of halogens is 2. The Morgan fingerprint density at radius 3 is 1.50 bits per heavy atom. The van der Waals surface area contributed by atoms with Crippen molar-refractivity contribution < 1.29 is 0 Å². The molecule has 2 aliphatic heterocycles. The van der Waals surface area contributed by atoms with Crippen molar-refractivity contribution in [2.75, 3.05) is 0 Å². The summed E-state index contributed by atoms with van der Waals surface area (Å²) in [6.45, 7) is 17.9. The molecule has 0 unspecified atom stereocenters. The Morgan fingerprint density at radius 1 is 0.524 bits per heavy atom. The van der Waals surface area contributed by atoms with Crippen LogP contribution in [0.25, 0.3) is 44.9 Å². The highest BCUT2D eigenvalue weighted by atomic mass is 35.5. The lowest BCUT2D eigenvalue weighted by molar-refractivity contribution is 1.05. The van der Waals surface area contributed by atoms with E-state index in [0.29, 0.717) is 10.0 Å². The van der Waals surface area contributed by atoms with Crippen LogP contribution in [-0.4, -0.2) is 19.9 Å². The Labute approximate surface area is 260 Å². The first kappa shape index (κ1) is 30.6.